The zero-order chi connectivity index (χ0) is 16.0. The molecule has 5 heteroatoms. The predicted molar refractivity (Wildman–Crippen MR) is 85.9 cm³/mol. The number of fused-ring (bicyclic) bond motifs is 1. The Morgan fingerprint density at radius 2 is 1.91 bits per heavy atom. The van der Waals surface area contributed by atoms with E-state index in [1.807, 2.05) is 18.2 Å². The minimum Gasteiger partial charge on any atom is -0.504 e. The fourth-order valence-corrected chi connectivity index (χ4v) is 3.48. The second-order valence-corrected chi connectivity index (χ2v) is 5.86. The van der Waals surface area contributed by atoms with Crippen molar-refractivity contribution in [3.05, 3.63) is 41.0 Å². The largest absolute Gasteiger partial charge is 0.504 e. The van der Waals surface area contributed by atoms with Crippen LogP contribution in [0.1, 0.15) is 22.7 Å². The molecule has 0 saturated heterocycles. The number of nitrogens with one attached hydrogen (secondary N) is 1. The van der Waals surface area contributed by atoms with Crippen LogP contribution in [-0.4, -0.2) is 25.9 Å². The third kappa shape index (κ3) is 2.19. The van der Waals surface area contributed by atoms with Gasteiger partial charge in [0.05, 0.1) is 14.2 Å². The highest BCUT2D eigenvalue weighted by Crippen LogP contribution is 2.48. The Balaban J connectivity index is 1.90. The molecule has 120 valence electrons. The van der Waals surface area contributed by atoms with E-state index in [4.69, 9.17) is 14.2 Å². The number of rotatable bonds is 2. The van der Waals surface area contributed by atoms with Crippen LogP contribution in [0.25, 0.3) is 0 Å². The number of hydrogen-bond donors (Lipinski definition) is 2. The smallest absolute Gasteiger partial charge is 0.174 e. The number of ether oxygens (including phenoxy) is 3. The van der Waals surface area contributed by atoms with Gasteiger partial charge in [0.25, 0.3) is 0 Å². The molecular weight excluding hydrogens is 294 g/mol. The highest BCUT2D eigenvalue weighted by atomic mass is 16.5. The average Bonchev–Trinajstić information content (AvgIpc) is 2.74. The van der Waals surface area contributed by atoms with Crippen LogP contribution in [0.3, 0.4) is 0 Å². The second kappa shape index (κ2) is 5.35. The van der Waals surface area contributed by atoms with E-state index in [2.05, 4.69) is 5.32 Å². The lowest BCUT2D eigenvalue weighted by Gasteiger charge is -2.27. The monoisotopic (exact) mass is 313 g/mol. The average molecular weight is 313 g/mol. The van der Waals surface area contributed by atoms with Crippen molar-refractivity contribution in [1.82, 2.24) is 5.32 Å². The number of hydrogen-bond acceptors (Lipinski definition) is 5. The predicted octanol–water partition coefficient (Wildman–Crippen LogP) is 2.94. The van der Waals surface area contributed by atoms with Gasteiger partial charge >= 0.3 is 0 Å². The summed E-state index contributed by atoms with van der Waals surface area (Å²) in [5.41, 5.74) is 3.32. The summed E-state index contributed by atoms with van der Waals surface area (Å²) in [6.07, 6.45) is 1.71. The maximum absolute atomic E-state index is 10.3. The van der Waals surface area contributed by atoms with Gasteiger partial charge in [-0.15, -0.1) is 0 Å². The minimum atomic E-state index is 0.125. The first kappa shape index (κ1) is 14.2. The molecule has 0 saturated carbocycles. The number of phenolic OH excluding ortho intramolecular Hbond substituents is 1. The summed E-state index contributed by atoms with van der Waals surface area (Å²) in [6, 6.07) is 7.60. The van der Waals surface area contributed by atoms with Crippen molar-refractivity contribution in [2.24, 2.45) is 0 Å². The van der Waals surface area contributed by atoms with Crippen molar-refractivity contribution >= 4 is 0 Å². The van der Waals surface area contributed by atoms with Crippen LogP contribution in [0.4, 0.5) is 0 Å². The van der Waals surface area contributed by atoms with Crippen LogP contribution >= 0.6 is 0 Å². The lowest BCUT2D eigenvalue weighted by Crippen LogP contribution is -2.30. The third-order valence-electron chi connectivity index (χ3n) is 4.60. The molecule has 2 aromatic carbocycles. The molecule has 0 radical (unpaired) electrons. The molecule has 0 amide bonds. The number of benzene rings is 2. The minimum absolute atomic E-state index is 0.125. The van der Waals surface area contributed by atoms with Gasteiger partial charge < -0.3 is 24.6 Å². The zero-order valence-electron chi connectivity index (χ0n) is 13.2. The molecule has 5 nitrogen and oxygen atoms in total. The standard InChI is InChI=1S/C18H19NO4/c1-21-15-8-11-7-12-17-10(5-6-19-12)3-4-13(20)18(17)23-14(11)9-16(15)22-2/h3-4,8-9,12,19-20H,5-7H2,1-2H3/t12-/m0/s1. The summed E-state index contributed by atoms with van der Waals surface area (Å²) in [7, 11) is 3.22. The van der Waals surface area contributed by atoms with Gasteiger partial charge in [-0.05, 0) is 37.1 Å². The van der Waals surface area contributed by atoms with E-state index in [1.165, 1.54) is 5.56 Å². The maximum Gasteiger partial charge on any atom is 0.174 e. The second-order valence-electron chi connectivity index (χ2n) is 5.86. The first-order valence-corrected chi connectivity index (χ1v) is 7.72. The van der Waals surface area contributed by atoms with Gasteiger partial charge in [-0.25, -0.2) is 0 Å². The van der Waals surface area contributed by atoms with Crippen LogP contribution in [-0.2, 0) is 12.8 Å². The third-order valence-corrected chi connectivity index (χ3v) is 4.60. The first-order valence-electron chi connectivity index (χ1n) is 7.72. The molecule has 2 N–H and O–H groups in total. The van der Waals surface area contributed by atoms with Gasteiger partial charge in [0.1, 0.15) is 5.75 Å². The van der Waals surface area contributed by atoms with Crippen molar-refractivity contribution in [3.63, 3.8) is 0 Å². The first-order chi connectivity index (χ1) is 11.2. The molecule has 0 aromatic heterocycles. The number of methoxy groups -OCH3 is 2. The van der Waals surface area contributed by atoms with E-state index in [0.717, 1.165) is 30.5 Å². The van der Waals surface area contributed by atoms with E-state index in [-0.39, 0.29) is 11.8 Å². The van der Waals surface area contributed by atoms with E-state index < -0.39 is 0 Å². The van der Waals surface area contributed by atoms with Gasteiger partial charge in [-0.2, -0.15) is 0 Å². The molecule has 2 aromatic rings. The SMILES string of the molecule is COc1cc2c(cc1OC)Oc1c(O)ccc3c1[C@H](C2)NCC3. The van der Waals surface area contributed by atoms with E-state index in [9.17, 15) is 5.11 Å². The Kier molecular flexibility index (Phi) is 3.31. The quantitative estimate of drug-likeness (QED) is 0.892. The highest BCUT2D eigenvalue weighted by molar-refractivity contribution is 5.60. The molecule has 2 aliphatic rings. The van der Waals surface area contributed by atoms with E-state index >= 15 is 0 Å². The summed E-state index contributed by atoms with van der Waals surface area (Å²) in [6.45, 7) is 0.921. The fourth-order valence-electron chi connectivity index (χ4n) is 3.48. The topological polar surface area (TPSA) is 60.0 Å². The van der Waals surface area contributed by atoms with Crippen molar-refractivity contribution in [3.8, 4) is 28.7 Å². The molecule has 0 spiro atoms. The molecule has 0 aliphatic carbocycles. The van der Waals surface area contributed by atoms with Crippen LogP contribution in [0.15, 0.2) is 24.3 Å². The molecule has 4 rings (SSSR count). The van der Waals surface area contributed by atoms with Crippen molar-refractivity contribution in [2.45, 2.75) is 18.9 Å². The van der Waals surface area contributed by atoms with Gasteiger partial charge in [-0.3, -0.25) is 0 Å². The molecule has 2 heterocycles. The van der Waals surface area contributed by atoms with Gasteiger partial charge in [0, 0.05) is 23.2 Å². The lowest BCUT2D eigenvalue weighted by atomic mass is 9.90. The number of phenols is 1. The lowest BCUT2D eigenvalue weighted by molar-refractivity contribution is 0.350. The van der Waals surface area contributed by atoms with E-state index in [1.54, 1.807) is 20.3 Å². The normalized spacial score (nSPS) is 18.3. The van der Waals surface area contributed by atoms with Crippen LogP contribution in [0.5, 0.6) is 28.7 Å². The van der Waals surface area contributed by atoms with Crippen molar-refractivity contribution < 1.29 is 19.3 Å². The number of aromatic hydroxyl groups is 1. The summed E-state index contributed by atoms with van der Waals surface area (Å²) in [4.78, 5) is 0. The van der Waals surface area contributed by atoms with Gasteiger partial charge in [0.2, 0.25) is 0 Å². The summed E-state index contributed by atoms with van der Waals surface area (Å²) >= 11 is 0. The molecule has 0 unspecified atom stereocenters. The van der Waals surface area contributed by atoms with Crippen LogP contribution in [0, 0.1) is 0 Å². The maximum atomic E-state index is 10.3. The molecule has 0 fully saturated rings. The van der Waals surface area contributed by atoms with Gasteiger partial charge in [-0.1, -0.05) is 6.07 Å². The molecule has 23 heavy (non-hydrogen) atoms. The Hall–Kier alpha value is -2.40. The molecule has 1 atom stereocenters. The van der Waals surface area contributed by atoms with Gasteiger partial charge in [0.15, 0.2) is 23.0 Å². The van der Waals surface area contributed by atoms with Crippen molar-refractivity contribution in [2.75, 3.05) is 20.8 Å². The Morgan fingerprint density at radius 1 is 1.13 bits per heavy atom. The molecule has 0 bridgehead atoms. The van der Waals surface area contributed by atoms with E-state index in [0.29, 0.717) is 23.0 Å². The summed E-state index contributed by atoms with van der Waals surface area (Å²) in [5.74, 6) is 2.71. The molecular formula is C18H19NO4. The van der Waals surface area contributed by atoms with Crippen LogP contribution < -0.4 is 19.5 Å². The Bertz CT molecular complexity index is 772. The highest BCUT2D eigenvalue weighted by Gasteiger charge is 2.31. The zero-order valence-corrected chi connectivity index (χ0v) is 13.2. The Labute approximate surface area is 134 Å². The summed E-state index contributed by atoms with van der Waals surface area (Å²) in [5, 5.41) is 13.8. The Morgan fingerprint density at radius 3 is 2.70 bits per heavy atom. The van der Waals surface area contributed by atoms with Crippen molar-refractivity contribution in [1.29, 1.82) is 0 Å². The fraction of sp³-hybridized carbons (Fsp3) is 0.333. The molecule has 2 aliphatic heterocycles. The van der Waals surface area contributed by atoms with Crippen LogP contribution in [0.2, 0.25) is 0 Å². The summed E-state index contributed by atoms with van der Waals surface area (Å²) < 4.78 is 16.9.